The van der Waals surface area contributed by atoms with E-state index in [-0.39, 0.29) is 11.6 Å². The summed E-state index contributed by atoms with van der Waals surface area (Å²) in [6, 6.07) is 14.2. The molecule has 0 spiro atoms. The lowest BCUT2D eigenvalue weighted by molar-refractivity contribution is -0.116. The molecule has 0 saturated carbocycles. The van der Waals surface area contributed by atoms with E-state index in [4.69, 9.17) is 0 Å². The Kier molecular flexibility index (Phi) is 4.29. The molecule has 0 aliphatic heterocycles. The first-order valence-corrected chi connectivity index (χ1v) is 6.20. The van der Waals surface area contributed by atoms with Crippen LogP contribution >= 0.6 is 0 Å². The zero-order valence-corrected chi connectivity index (χ0v) is 10.8. The van der Waals surface area contributed by atoms with Crippen LogP contribution in [0.1, 0.15) is 18.1 Å². The molecule has 0 aliphatic carbocycles. The number of hydrogen-bond donors (Lipinski definition) is 1. The maximum absolute atomic E-state index is 12.8. The van der Waals surface area contributed by atoms with E-state index < -0.39 is 0 Å². The van der Waals surface area contributed by atoms with Crippen LogP contribution in [0.2, 0.25) is 0 Å². The lowest BCUT2D eigenvalue weighted by Crippen LogP contribution is -2.00. The van der Waals surface area contributed by atoms with E-state index in [0.717, 1.165) is 16.8 Å². The van der Waals surface area contributed by atoms with Crippen LogP contribution < -0.4 is 5.32 Å². The lowest BCUT2D eigenvalue weighted by Gasteiger charge is -2.07. The quantitative estimate of drug-likeness (QED) is 0.887. The molecule has 0 amide bonds. The van der Waals surface area contributed by atoms with E-state index in [1.807, 2.05) is 24.3 Å². The normalized spacial score (nSPS) is 10.2. The molecular formula is C16H16FNO. The van der Waals surface area contributed by atoms with Crippen molar-refractivity contribution < 1.29 is 9.18 Å². The smallest absolute Gasteiger partial charge is 0.134 e. The van der Waals surface area contributed by atoms with Gasteiger partial charge in [-0.15, -0.1) is 0 Å². The first kappa shape index (κ1) is 13.3. The summed E-state index contributed by atoms with van der Waals surface area (Å²) in [6.07, 6.45) is 0.470. The number of anilines is 1. The van der Waals surface area contributed by atoms with Crippen molar-refractivity contribution in [2.24, 2.45) is 0 Å². The molecule has 0 aliphatic rings. The molecule has 0 atom stereocenters. The molecule has 0 unspecified atom stereocenters. The number of hydrogen-bond acceptors (Lipinski definition) is 2. The van der Waals surface area contributed by atoms with E-state index >= 15 is 0 Å². The molecule has 0 fully saturated rings. The van der Waals surface area contributed by atoms with Gasteiger partial charge < -0.3 is 5.32 Å². The van der Waals surface area contributed by atoms with Gasteiger partial charge in [0, 0.05) is 18.7 Å². The van der Waals surface area contributed by atoms with Gasteiger partial charge in [-0.1, -0.05) is 24.3 Å². The molecule has 1 N–H and O–H groups in total. The molecule has 98 valence electrons. The van der Waals surface area contributed by atoms with Crippen molar-refractivity contribution in [3.05, 3.63) is 65.5 Å². The summed E-state index contributed by atoms with van der Waals surface area (Å²) < 4.78 is 12.8. The Balaban J connectivity index is 1.92. The maximum Gasteiger partial charge on any atom is 0.134 e. The molecule has 2 rings (SSSR count). The monoisotopic (exact) mass is 257 g/mol. The van der Waals surface area contributed by atoms with E-state index in [1.165, 1.54) is 12.1 Å². The number of ketones is 1. The minimum atomic E-state index is -0.225. The Hall–Kier alpha value is -2.16. The highest BCUT2D eigenvalue weighted by Crippen LogP contribution is 2.12. The number of carbonyl (C=O) groups is 1. The Labute approximate surface area is 112 Å². The number of nitrogens with one attached hydrogen (secondary N) is 1. The summed E-state index contributed by atoms with van der Waals surface area (Å²) in [5, 5.41) is 3.25. The van der Waals surface area contributed by atoms with Crippen molar-refractivity contribution >= 4 is 11.5 Å². The minimum Gasteiger partial charge on any atom is -0.381 e. The van der Waals surface area contributed by atoms with Crippen molar-refractivity contribution in [2.45, 2.75) is 19.9 Å². The highest BCUT2D eigenvalue weighted by molar-refractivity contribution is 5.78. The van der Waals surface area contributed by atoms with Gasteiger partial charge in [0.15, 0.2) is 0 Å². The molecule has 3 heteroatoms. The molecule has 2 aromatic rings. The second-order valence-electron chi connectivity index (χ2n) is 4.56. The fraction of sp³-hybridized carbons (Fsp3) is 0.188. The van der Waals surface area contributed by atoms with Crippen LogP contribution in [0.5, 0.6) is 0 Å². The molecule has 0 bridgehead atoms. The summed E-state index contributed by atoms with van der Waals surface area (Å²) in [5.74, 6) is -0.0654. The van der Waals surface area contributed by atoms with Crippen LogP contribution in [0, 0.1) is 5.82 Å². The van der Waals surface area contributed by atoms with Crippen LogP contribution in [0.3, 0.4) is 0 Å². The number of Topliss-reactive ketones (excluding diaryl/α,β-unsaturated/α-hetero) is 1. The zero-order valence-electron chi connectivity index (χ0n) is 10.8. The fourth-order valence-corrected chi connectivity index (χ4v) is 1.83. The maximum atomic E-state index is 12.8. The van der Waals surface area contributed by atoms with Crippen molar-refractivity contribution in [2.75, 3.05) is 5.32 Å². The number of rotatable bonds is 5. The first-order chi connectivity index (χ1) is 9.13. The molecule has 0 aromatic heterocycles. The van der Waals surface area contributed by atoms with Crippen molar-refractivity contribution in [1.82, 2.24) is 0 Å². The van der Waals surface area contributed by atoms with E-state index in [0.29, 0.717) is 13.0 Å². The third kappa shape index (κ3) is 4.21. The van der Waals surface area contributed by atoms with Gasteiger partial charge >= 0.3 is 0 Å². The van der Waals surface area contributed by atoms with E-state index in [2.05, 4.69) is 5.32 Å². The van der Waals surface area contributed by atoms with Crippen molar-refractivity contribution in [1.29, 1.82) is 0 Å². The van der Waals surface area contributed by atoms with Gasteiger partial charge in [-0.3, -0.25) is 4.79 Å². The number of carbonyl (C=O) groups excluding carboxylic acids is 1. The Morgan fingerprint density at radius 2 is 1.58 bits per heavy atom. The van der Waals surface area contributed by atoms with Gasteiger partial charge in [-0.25, -0.2) is 4.39 Å². The van der Waals surface area contributed by atoms with Gasteiger partial charge in [0.05, 0.1) is 0 Å². The lowest BCUT2D eigenvalue weighted by atomic mass is 10.1. The SMILES string of the molecule is CC(=O)Cc1ccc(NCc2ccc(F)cc2)cc1. The summed E-state index contributed by atoms with van der Waals surface area (Å²) in [7, 11) is 0. The number of halogens is 1. The Morgan fingerprint density at radius 1 is 1.00 bits per heavy atom. The van der Waals surface area contributed by atoms with E-state index in [9.17, 15) is 9.18 Å². The van der Waals surface area contributed by atoms with E-state index in [1.54, 1.807) is 19.1 Å². The van der Waals surface area contributed by atoms with Crippen LogP contribution in [0.4, 0.5) is 10.1 Å². The summed E-state index contributed by atoms with van der Waals surface area (Å²) in [6.45, 7) is 2.23. The molecule has 0 radical (unpaired) electrons. The highest BCUT2D eigenvalue weighted by atomic mass is 19.1. The third-order valence-electron chi connectivity index (χ3n) is 2.82. The second kappa shape index (κ2) is 6.14. The topological polar surface area (TPSA) is 29.1 Å². The molecular weight excluding hydrogens is 241 g/mol. The van der Waals surface area contributed by atoms with Gasteiger partial charge in [0.25, 0.3) is 0 Å². The van der Waals surface area contributed by atoms with Gasteiger partial charge in [-0.2, -0.15) is 0 Å². The van der Waals surface area contributed by atoms with Crippen LogP contribution in [0.25, 0.3) is 0 Å². The van der Waals surface area contributed by atoms with Crippen molar-refractivity contribution in [3.8, 4) is 0 Å². The van der Waals surface area contributed by atoms with Crippen LogP contribution in [-0.2, 0) is 17.8 Å². The second-order valence-corrected chi connectivity index (χ2v) is 4.56. The van der Waals surface area contributed by atoms with Crippen LogP contribution in [-0.4, -0.2) is 5.78 Å². The molecule has 2 aromatic carbocycles. The molecule has 0 saturated heterocycles. The van der Waals surface area contributed by atoms with Crippen LogP contribution in [0.15, 0.2) is 48.5 Å². The Morgan fingerprint density at radius 3 is 2.16 bits per heavy atom. The molecule has 19 heavy (non-hydrogen) atoms. The largest absolute Gasteiger partial charge is 0.381 e. The van der Waals surface area contributed by atoms with Gasteiger partial charge in [-0.05, 0) is 42.3 Å². The predicted octanol–water partition coefficient (Wildman–Crippen LogP) is 3.57. The van der Waals surface area contributed by atoms with Crippen molar-refractivity contribution in [3.63, 3.8) is 0 Å². The average molecular weight is 257 g/mol. The summed E-state index contributed by atoms with van der Waals surface area (Å²) in [5.41, 5.74) is 3.02. The zero-order chi connectivity index (χ0) is 13.7. The minimum absolute atomic E-state index is 0.159. The molecule has 0 heterocycles. The highest BCUT2D eigenvalue weighted by Gasteiger charge is 1.98. The van der Waals surface area contributed by atoms with Gasteiger partial charge in [0.2, 0.25) is 0 Å². The number of benzene rings is 2. The first-order valence-electron chi connectivity index (χ1n) is 6.20. The third-order valence-corrected chi connectivity index (χ3v) is 2.82. The predicted molar refractivity (Wildman–Crippen MR) is 74.6 cm³/mol. The average Bonchev–Trinajstić information content (AvgIpc) is 2.39. The molecule has 2 nitrogen and oxygen atoms in total. The summed E-state index contributed by atoms with van der Waals surface area (Å²) in [4.78, 5) is 11.0. The standard InChI is InChI=1S/C16H16FNO/c1-12(19)10-13-4-8-16(9-5-13)18-11-14-2-6-15(17)7-3-14/h2-9,18H,10-11H2,1H3. The fourth-order valence-electron chi connectivity index (χ4n) is 1.83. The summed E-state index contributed by atoms with van der Waals surface area (Å²) >= 11 is 0. The van der Waals surface area contributed by atoms with Gasteiger partial charge in [0.1, 0.15) is 11.6 Å². The Bertz CT molecular complexity index is 546.